The van der Waals surface area contributed by atoms with Gasteiger partial charge in [0.05, 0.1) is 5.52 Å². The van der Waals surface area contributed by atoms with Gasteiger partial charge >= 0.3 is 0 Å². The van der Waals surface area contributed by atoms with Crippen molar-refractivity contribution in [3.05, 3.63) is 115 Å². The summed E-state index contributed by atoms with van der Waals surface area (Å²) in [6.07, 6.45) is 1.91. The standard InChI is InChI=1S/C31H19NS/c1-2-10-20(11-3-1)28-22-13-4-5-14-23(22)29(25-17-9-19-32-30(25)28)26-16-8-15-24-21-12-6-7-18-27(21)33-31(24)26/h1-19H. The van der Waals surface area contributed by atoms with Crippen molar-refractivity contribution >= 4 is 53.2 Å². The van der Waals surface area contributed by atoms with Gasteiger partial charge in [0.1, 0.15) is 0 Å². The third-order valence-corrected chi connectivity index (χ3v) is 7.74. The molecule has 0 saturated carbocycles. The van der Waals surface area contributed by atoms with Crippen molar-refractivity contribution in [1.82, 2.24) is 4.98 Å². The van der Waals surface area contributed by atoms with Gasteiger partial charge in [0, 0.05) is 48.4 Å². The second kappa shape index (κ2) is 7.26. The van der Waals surface area contributed by atoms with E-state index < -0.39 is 0 Å². The molecular weight excluding hydrogens is 418 g/mol. The number of rotatable bonds is 2. The first-order valence-electron chi connectivity index (χ1n) is 11.2. The van der Waals surface area contributed by atoms with Crippen LogP contribution >= 0.6 is 11.3 Å². The molecule has 0 N–H and O–H groups in total. The Kier molecular flexibility index (Phi) is 4.08. The minimum atomic E-state index is 1.05. The molecule has 0 bridgehead atoms. The molecule has 2 aromatic heterocycles. The Balaban J connectivity index is 1.69. The van der Waals surface area contributed by atoms with Crippen LogP contribution in [-0.4, -0.2) is 4.98 Å². The maximum atomic E-state index is 4.92. The highest BCUT2D eigenvalue weighted by Gasteiger charge is 2.19. The Morgan fingerprint density at radius 2 is 1.15 bits per heavy atom. The van der Waals surface area contributed by atoms with E-state index in [-0.39, 0.29) is 0 Å². The van der Waals surface area contributed by atoms with E-state index in [2.05, 4.69) is 109 Å². The monoisotopic (exact) mass is 437 g/mol. The third-order valence-electron chi connectivity index (χ3n) is 6.52. The molecule has 0 unspecified atom stereocenters. The van der Waals surface area contributed by atoms with Crippen molar-refractivity contribution in [3.63, 3.8) is 0 Å². The molecule has 33 heavy (non-hydrogen) atoms. The summed E-state index contributed by atoms with van der Waals surface area (Å²) in [7, 11) is 0. The van der Waals surface area contributed by atoms with Crippen LogP contribution in [0.1, 0.15) is 0 Å². The zero-order chi connectivity index (χ0) is 21.8. The molecule has 0 aliphatic carbocycles. The Hall–Kier alpha value is -4.01. The molecule has 0 aliphatic rings. The topological polar surface area (TPSA) is 12.9 Å². The molecule has 0 atom stereocenters. The van der Waals surface area contributed by atoms with Crippen molar-refractivity contribution in [2.75, 3.05) is 0 Å². The van der Waals surface area contributed by atoms with Gasteiger partial charge in [0.2, 0.25) is 0 Å². The molecule has 0 amide bonds. The van der Waals surface area contributed by atoms with Crippen LogP contribution < -0.4 is 0 Å². The summed E-state index contributed by atoms with van der Waals surface area (Å²) < 4.78 is 2.66. The molecule has 0 spiro atoms. The predicted molar refractivity (Wildman–Crippen MR) is 143 cm³/mol. The quantitative estimate of drug-likeness (QED) is 0.246. The summed E-state index contributed by atoms with van der Waals surface area (Å²) in [6.45, 7) is 0. The van der Waals surface area contributed by atoms with Crippen LogP contribution in [0.25, 0.3) is 64.1 Å². The highest BCUT2D eigenvalue weighted by Crippen LogP contribution is 2.46. The zero-order valence-electron chi connectivity index (χ0n) is 17.8. The van der Waals surface area contributed by atoms with E-state index in [9.17, 15) is 0 Å². The van der Waals surface area contributed by atoms with E-state index in [1.807, 2.05) is 17.5 Å². The van der Waals surface area contributed by atoms with Crippen molar-refractivity contribution in [2.24, 2.45) is 0 Å². The van der Waals surface area contributed by atoms with Crippen LogP contribution in [-0.2, 0) is 0 Å². The normalized spacial score (nSPS) is 11.6. The second-order valence-corrected chi connectivity index (χ2v) is 9.39. The van der Waals surface area contributed by atoms with E-state index in [4.69, 9.17) is 4.98 Å². The van der Waals surface area contributed by atoms with Gasteiger partial charge in [0.25, 0.3) is 0 Å². The third kappa shape index (κ3) is 2.75. The van der Waals surface area contributed by atoms with E-state index in [0.29, 0.717) is 0 Å². The molecule has 154 valence electrons. The van der Waals surface area contributed by atoms with Crippen LogP contribution in [0.5, 0.6) is 0 Å². The van der Waals surface area contributed by atoms with E-state index >= 15 is 0 Å². The maximum Gasteiger partial charge on any atom is 0.0792 e. The van der Waals surface area contributed by atoms with Crippen LogP contribution in [0, 0.1) is 0 Å². The van der Waals surface area contributed by atoms with Crippen LogP contribution in [0.3, 0.4) is 0 Å². The van der Waals surface area contributed by atoms with Crippen LogP contribution in [0.4, 0.5) is 0 Å². The largest absolute Gasteiger partial charge is 0.256 e. The molecular formula is C31H19NS. The van der Waals surface area contributed by atoms with E-state index in [0.717, 1.165) is 5.52 Å². The number of hydrogen-bond acceptors (Lipinski definition) is 2. The van der Waals surface area contributed by atoms with E-state index in [1.165, 1.54) is 58.6 Å². The first-order valence-corrected chi connectivity index (χ1v) is 12.0. The average Bonchev–Trinajstić information content (AvgIpc) is 3.27. The van der Waals surface area contributed by atoms with Gasteiger partial charge < -0.3 is 0 Å². The van der Waals surface area contributed by atoms with Crippen LogP contribution in [0.15, 0.2) is 115 Å². The summed E-state index contributed by atoms with van der Waals surface area (Å²) in [4.78, 5) is 4.92. The van der Waals surface area contributed by atoms with Gasteiger partial charge in [-0.05, 0) is 28.5 Å². The minimum absolute atomic E-state index is 1.05. The van der Waals surface area contributed by atoms with Gasteiger partial charge in [-0.15, -0.1) is 11.3 Å². The van der Waals surface area contributed by atoms with Crippen molar-refractivity contribution in [3.8, 4) is 22.3 Å². The molecule has 0 aliphatic heterocycles. The molecule has 2 heteroatoms. The summed E-state index contributed by atoms with van der Waals surface area (Å²) in [5.74, 6) is 0. The molecule has 1 nitrogen and oxygen atoms in total. The molecule has 7 rings (SSSR count). The van der Waals surface area contributed by atoms with Gasteiger partial charge in [-0.1, -0.05) is 97.1 Å². The Morgan fingerprint density at radius 3 is 2.00 bits per heavy atom. The molecule has 0 fully saturated rings. The predicted octanol–water partition coefficient (Wildman–Crippen LogP) is 9.09. The Morgan fingerprint density at radius 1 is 0.485 bits per heavy atom. The lowest BCUT2D eigenvalue weighted by Crippen LogP contribution is -1.92. The summed E-state index contributed by atoms with van der Waals surface area (Å²) in [6, 6.07) is 39.1. The van der Waals surface area contributed by atoms with E-state index in [1.54, 1.807) is 0 Å². The Labute approximate surface area is 195 Å². The highest BCUT2D eigenvalue weighted by atomic mass is 32.1. The Bertz CT molecular complexity index is 1760. The molecule has 2 heterocycles. The summed E-state index contributed by atoms with van der Waals surface area (Å²) >= 11 is 1.88. The number of benzene rings is 5. The van der Waals surface area contributed by atoms with Gasteiger partial charge in [0.15, 0.2) is 0 Å². The SMILES string of the molecule is c1ccc(-c2c3ccccc3c(-c3cccc4c3sc3ccccc34)c3cccnc23)cc1. The fraction of sp³-hybridized carbons (Fsp3) is 0. The molecule has 0 radical (unpaired) electrons. The second-order valence-electron chi connectivity index (χ2n) is 8.34. The lowest BCUT2D eigenvalue weighted by atomic mass is 9.87. The number of pyridine rings is 1. The average molecular weight is 438 g/mol. The maximum absolute atomic E-state index is 4.92. The fourth-order valence-electron chi connectivity index (χ4n) is 5.13. The van der Waals surface area contributed by atoms with Crippen LogP contribution in [0.2, 0.25) is 0 Å². The molecule has 7 aromatic rings. The first-order chi connectivity index (χ1) is 16.4. The van der Waals surface area contributed by atoms with Crippen molar-refractivity contribution in [1.29, 1.82) is 0 Å². The number of nitrogens with zero attached hydrogens (tertiary/aromatic N) is 1. The number of thiophene rings is 1. The summed E-state index contributed by atoms with van der Waals surface area (Å²) in [5.41, 5.74) is 6.00. The van der Waals surface area contributed by atoms with Gasteiger partial charge in [-0.25, -0.2) is 0 Å². The number of hydrogen-bond donors (Lipinski definition) is 0. The highest BCUT2D eigenvalue weighted by molar-refractivity contribution is 7.26. The molecule has 0 saturated heterocycles. The van der Waals surface area contributed by atoms with Crippen molar-refractivity contribution in [2.45, 2.75) is 0 Å². The minimum Gasteiger partial charge on any atom is -0.256 e. The molecule has 5 aromatic carbocycles. The smallest absolute Gasteiger partial charge is 0.0792 e. The first kappa shape index (κ1) is 18.6. The van der Waals surface area contributed by atoms with Crippen molar-refractivity contribution < 1.29 is 0 Å². The van der Waals surface area contributed by atoms with Gasteiger partial charge in [-0.3, -0.25) is 4.98 Å². The lowest BCUT2D eigenvalue weighted by Gasteiger charge is -2.17. The van der Waals surface area contributed by atoms with Gasteiger partial charge in [-0.2, -0.15) is 0 Å². The number of fused-ring (bicyclic) bond motifs is 5. The summed E-state index contributed by atoms with van der Waals surface area (Å²) in [5, 5.41) is 6.35. The number of aromatic nitrogens is 1. The zero-order valence-corrected chi connectivity index (χ0v) is 18.6. The fourth-order valence-corrected chi connectivity index (χ4v) is 6.35. The lowest BCUT2D eigenvalue weighted by molar-refractivity contribution is 1.42.